The number of nitrogens with one attached hydrogen (secondary N) is 2. The molecule has 0 heterocycles. The minimum absolute atomic E-state index is 0.0344. The van der Waals surface area contributed by atoms with Gasteiger partial charge >= 0.3 is 11.9 Å². The van der Waals surface area contributed by atoms with Crippen LogP contribution in [0.5, 0.6) is 0 Å². The summed E-state index contributed by atoms with van der Waals surface area (Å²) >= 11 is 0. The predicted octanol–water partition coefficient (Wildman–Crippen LogP) is 2.47. The molecule has 2 aromatic carbocycles. The second-order valence-electron chi connectivity index (χ2n) is 5.55. The molecule has 6 nitrogen and oxygen atoms in total. The first-order chi connectivity index (χ1) is 13.0. The summed E-state index contributed by atoms with van der Waals surface area (Å²) in [7, 11) is 0. The third kappa shape index (κ3) is 9.94. The van der Waals surface area contributed by atoms with Crippen LogP contribution in [0.15, 0.2) is 66.7 Å². The normalized spacial score (nSPS) is 9.67. The van der Waals surface area contributed by atoms with Crippen LogP contribution in [0, 0.1) is 0 Å². The first-order valence-electron chi connectivity index (χ1n) is 8.70. The molecule has 0 atom stereocenters. The molecule has 27 heavy (non-hydrogen) atoms. The molecule has 0 aromatic heterocycles. The molecule has 0 aliphatic carbocycles. The van der Waals surface area contributed by atoms with Crippen molar-refractivity contribution in [1.82, 2.24) is 10.6 Å². The molecule has 144 valence electrons. The summed E-state index contributed by atoms with van der Waals surface area (Å²) in [6.07, 6.45) is 2.02. The summed E-state index contributed by atoms with van der Waals surface area (Å²) in [6.45, 7) is 3.13. The highest BCUT2D eigenvalue weighted by Gasteiger charge is 2.03. The Kier molecular flexibility index (Phi) is 10.9. The summed E-state index contributed by atoms with van der Waals surface area (Å²) in [6, 6.07) is 20.2. The summed E-state index contributed by atoms with van der Waals surface area (Å²) in [5, 5.41) is 22.1. The van der Waals surface area contributed by atoms with Gasteiger partial charge in [-0.25, -0.2) is 0 Å². The van der Waals surface area contributed by atoms with Crippen molar-refractivity contribution in [3.8, 4) is 0 Å². The molecule has 0 spiro atoms. The van der Waals surface area contributed by atoms with Gasteiger partial charge in [0.1, 0.15) is 0 Å². The molecular formula is C21H26N2O4. The quantitative estimate of drug-likeness (QED) is 0.506. The predicted molar refractivity (Wildman–Crippen MR) is 107 cm³/mol. The fourth-order valence-electron chi connectivity index (χ4n) is 2.22. The topological polar surface area (TPSA) is 98.7 Å². The van der Waals surface area contributed by atoms with Gasteiger partial charge in [-0.1, -0.05) is 73.7 Å². The Hall–Kier alpha value is -2.96. The van der Waals surface area contributed by atoms with E-state index in [1.807, 2.05) is 49.4 Å². The van der Waals surface area contributed by atoms with Gasteiger partial charge < -0.3 is 20.8 Å². The largest absolute Gasteiger partial charge is 0.480 e. The van der Waals surface area contributed by atoms with Gasteiger partial charge in [0, 0.05) is 6.54 Å². The van der Waals surface area contributed by atoms with Crippen LogP contribution in [0.4, 0.5) is 0 Å². The Labute approximate surface area is 159 Å². The Balaban J connectivity index is 0.000000445. The Bertz CT molecular complexity index is 674. The SMILES string of the molecule is CCNCC(=O)O.O=C(O)CNCC=C(c1ccccc1)c1ccccc1. The highest BCUT2D eigenvalue weighted by molar-refractivity contribution is 5.79. The van der Waals surface area contributed by atoms with Crippen molar-refractivity contribution in [2.45, 2.75) is 6.92 Å². The number of carboxylic acids is 2. The van der Waals surface area contributed by atoms with Gasteiger partial charge in [0.15, 0.2) is 0 Å². The van der Waals surface area contributed by atoms with Crippen LogP contribution in [0.3, 0.4) is 0 Å². The Morgan fingerprint density at radius 1 is 0.815 bits per heavy atom. The third-order valence-electron chi connectivity index (χ3n) is 3.42. The first kappa shape index (κ1) is 22.1. The zero-order valence-corrected chi connectivity index (χ0v) is 15.4. The molecule has 0 fully saturated rings. The van der Waals surface area contributed by atoms with Crippen LogP contribution >= 0.6 is 0 Å². The van der Waals surface area contributed by atoms with Crippen LogP contribution in [-0.2, 0) is 9.59 Å². The first-order valence-corrected chi connectivity index (χ1v) is 8.70. The second-order valence-corrected chi connectivity index (χ2v) is 5.55. The Morgan fingerprint density at radius 3 is 1.63 bits per heavy atom. The number of carboxylic acid groups (broad SMARTS) is 2. The van der Waals surface area contributed by atoms with Crippen molar-refractivity contribution in [2.75, 3.05) is 26.2 Å². The van der Waals surface area contributed by atoms with Gasteiger partial charge in [-0.05, 0) is 23.2 Å². The van der Waals surface area contributed by atoms with Crippen LogP contribution < -0.4 is 10.6 Å². The monoisotopic (exact) mass is 370 g/mol. The van der Waals surface area contributed by atoms with Gasteiger partial charge in [-0.3, -0.25) is 9.59 Å². The molecule has 0 aliphatic heterocycles. The molecule has 0 bridgehead atoms. The van der Waals surface area contributed by atoms with E-state index in [1.165, 1.54) is 0 Å². The van der Waals surface area contributed by atoms with Gasteiger partial charge in [-0.15, -0.1) is 0 Å². The lowest BCUT2D eigenvalue weighted by atomic mass is 9.98. The number of benzene rings is 2. The second kappa shape index (κ2) is 13.3. The fraction of sp³-hybridized carbons (Fsp3) is 0.238. The molecule has 6 heteroatoms. The van der Waals surface area contributed by atoms with E-state index in [2.05, 4.69) is 34.9 Å². The molecular weight excluding hydrogens is 344 g/mol. The maximum Gasteiger partial charge on any atom is 0.317 e. The van der Waals surface area contributed by atoms with E-state index < -0.39 is 11.9 Å². The third-order valence-corrected chi connectivity index (χ3v) is 3.42. The van der Waals surface area contributed by atoms with Gasteiger partial charge in [-0.2, -0.15) is 0 Å². The van der Waals surface area contributed by atoms with Crippen molar-refractivity contribution < 1.29 is 19.8 Å². The average Bonchev–Trinajstić information content (AvgIpc) is 2.68. The summed E-state index contributed by atoms with van der Waals surface area (Å²) in [5.41, 5.74) is 3.34. The number of hydrogen-bond donors (Lipinski definition) is 4. The maximum atomic E-state index is 10.5. The zero-order chi connectivity index (χ0) is 19.9. The highest BCUT2D eigenvalue weighted by Crippen LogP contribution is 2.22. The number of hydrogen-bond acceptors (Lipinski definition) is 4. The van der Waals surface area contributed by atoms with E-state index in [4.69, 9.17) is 10.2 Å². The molecule has 0 aliphatic rings. The summed E-state index contributed by atoms with van der Waals surface area (Å²) in [4.78, 5) is 20.2. The van der Waals surface area contributed by atoms with Crippen molar-refractivity contribution >= 4 is 17.5 Å². The van der Waals surface area contributed by atoms with Gasteiger partial charge in [0.05, 0.1) is 13.1 Å². The smallest absolute Gasteiger partial charge is 0.317 e. The van der Waals surface area contributed by atoms with E-state index in [9.17, 15) is 9.59 Å². The number of carbonyl (C=O) groups is 2. The Morgan fingerprint density at radius 2 is 1.26 bits per heavy atom. The lowest BCUT2D eigenvalue weighted by molar-refractivity contribution is -0.136. The van der Waals surface area contributed by atoms with Crippen LogP contribution in [0.2, 0.25) is 0 Å². The van der Waals surface area contributed by atoms with Crippen LogP contribution in [0.25, 0.3) is 5.57 Å². The average molecular weight is 370 g/mol. The molecule has 0 saturated carbocycles. The van der Waals surface area contributed by atoms with Crippen LogP contribution in [0.1, 0.15) is 18.1 Å². The van der Waals surface area contributed by atoms with E-state index in [-0.39, 0.29) is 13.1 Å². The van der Waals surface area contributed by atoms with E-state index in [0.717, 1.165) is 16.7 Å². The fourth-order valence-corrected chi connectivity index (χ4v) is 2.22. The number of aliphatic carboxylic acids is 2. The molecule has 0 amide bonds. The molecule has 0 unspecified atom stereocenters. The van der Waals surface area contributed by atoms with Crippen LogP contribution in [-0.4, -0.2) is 48.3 Å². The van der Waals surface area contributed by atoms with E-state index in [1.54, 1.807) is 0 Å². The van der Waals surface area contributed by atoms with Crippen molar-refractivity contribution in [2.24, 2.45) is 0 Å². The molecule has 0 saturated heterocycles. The van der Waals surface area contributed by atoms with Crippen molar-refractivity contribution in [3.63, 3.8) is 0 Å². The standard InChI is InChI=1S/C17H17NO2.C4H9NO2/c19-17(20)13-18-12-11-16(14-7-3-1-4-8-14)15-9-5-2-6-10-15;1-2-5-3-4(6)7/h1-11,18H,12-13H2,(H,19,20);5H,2-3H2,1H3,(H,6,7). The minimum atomic E-state index is -0.848. The lowest BCUT2D eigenvalue weighted by Gasteiger charge is -2.09. The van der Waals surface area contributed by atoms with E-state index in [0.29, 0.717) is 13.1 Å². The highest BCUT2D eigenvalue weighted by atomic mass is 16.4. The van der Waals surface area contributed by atoms with Gasteiger partial charge in [0.25, 0.3) is 0 Å². The van der Waals surface area contributed by atoms with Gasteiger partial charge in [0.2, 0.25) is 0 Å². The molecule has 0 radical (unpaired) electrons. The van der Waals surface area contributed by atoms with Crippen molar-refractivity contribution in [1.29, 1.82) is 0 Å². The summed E-state index contributed by atoms with van der Waals surface area (Å²) in [5.74, 6) is -1.65. The molecule has 4 N–H and O–H groups in total. The molecule has 2 aromatic rings. The number of likely N-dealkylation sites (N-methyl/N-ethyl adjacent to an activating group) is 1. The minimum Gasteiger partial charge on any atom is -0.480 e. The number of rotatable bonds is 9. The summed E-state index contributed by atoms with van der Waals surface area (Å²) < 4.78 is 0. The molecule has 2 rings (SSSR count). The maximum absolute atomic E-state index is 10.5. The van der Waals surface area contributed by atoms with Crippen molar-refractivity contribution in [3.05, 3.63) is 77.9 Å². The van der Waals surface area contributed by atoms with E-state index >= 15 is 0 Å². The lowest BCUT2D eigenvalue weighted by Crippen LogP contribution is -2.22. The zero-order valence-electron chi connectivity index (χ0n) is 15.4.